The molecule has 1 aliphatic rings. The van der Waals surface area contributed by atoms with E-state index < -0.39 is 0 Å². The Labute approximate surface area is 131 Å². The molecule has 1 saturated heterocycles. The molecule has 120 valence electrons. The summed E-state index contributed by atoms with van der Waals surface area (Å²) in [5.74, 6) is 0.531. The maximum absolute atomic E-state index is 11.3. The molecule has 0 saturated carbocycles. The monoisotopic (exact) mass is 304 g/mol. The number of ether oxygens (including phenoxy) is 2. The van der Waals surface area contributed by atoms with E-state index in [1.54, 1.807) is 6.08 Å². The fourth-order valence-electron chi connectivity index (χ4n) is 2.26. The average Bonchev–Trinajstić information content (AvgIpc) is 2.52. The third-order valence-corrected chi connectivity index (χ3v) is 3.58. The number of methoxy groups -OCH3 is 1. The number of morpholine rings is 1. The van der Waals surface area contributed by atoms with Crippen molar-refractivity contribution >= 4 is 17.9 Å². The highest BCUT2D eigenvalue weighted by Gasteiger charge is 2.20. The maximum Gasteiger partial charge on any atom is 0.330 e. The average molecular weight is 304 g/mol. The Kier molecular flexibility index (Phi) is 5.19. The molecule has 22 heavy (non-hydrogen) atoms. The van der Waals surface area contributed by atoms with Crippen molar-refractivity contribution in [3.05, 3.63) is 29.5 Å². The molecule has 0 N–H and O–H groups in total. The number of anilines is 1. The molecule has 0 radical (unpaired) electrons. The molecule has 0 atom stereocenters. The Morgan fingerprint density at radius 1 is 1.32 bits per heavy atom. The van der Waals surface area contributed by atoms with Gasteiger partial charge < -0.3 is 14.4 Å². The lowest BCUT2D eigenvalue weighted by molar-refractivity contribution is -0.134. The number of nitrogens with zero attached hydrogens (tertiary/aromatic N) is 2. The van der Waals surface area contributed by atoms with Crippen molar-refractivity contribution < 1.29 is 14.3 Å². The smallest absolute Gasteiger partial charge is 0.330 e. The molecule has 1 fully saturated rings. The quantitative estimate of drug-likeness (QED) is 0.634. The number of carbonyl (C=O) groups is 1. The zero-order chi connectivity index (χ0) is 16.2. The summed E-state index contributed by atoms with van der Waals surface area (Å²) >= 11 is 0. The molecule has 2 heterocycles. The van der Waals surface area contributed by atoms with Crippen LogP contribution in [0.1, 0.15) is 32.0 Å². The van der Waals surface area contributed by atoms with Crippen LogP contribution in [0.2, 0.25) is 0 Å². The lowest BCUT2D eigenvalue weighted by atomic mass is 9.91. The summed E-state index contributed by atoms with van der Waals surface area (Å²) in [4.78, 5) is 18.4. The van der Waals surface area contributed by atoms with E-state index >= 15 is 0 Å². The molecular formula is C17H24N2O3. The van der Waals surface area contributed by atoms with Gasteiger partial charge in [-0.3, -0.25) is 0 Å². The molecule has 5 nitrogen and oxygen atoms in total. The predicted molar refractivity (Wildman–Crippen MR) is 87.0 cm³/mol. The molecule has 0 spiro atoms. The van der Waals surface area contributed by atoms with Crippen molar-refractivity contribution in [1.82, 2.24) is 4.98 Å². The van der Waals surface area contributed by atoms with Gasteiger partial charge in [-0.2, -0.15) is 0 Å². The standard InChI is InChI=1S/C17H24N2O3/c1-17(2,3)14-7-5-13(6-8-15(20)21-4)16(18-14)19-9-11-22-12-10-19/h5-8H,9-12H2,1-4H3/b8-6+. The van der Waals surface area contributed by atoms with Gasteiger partial charge >= 0.3 is 5.97 Å². The first-order chi connectivity index (χ1) is 10.4. The zero-order valence-electron chi connectivity index (χ0n) is 13.8. The van der Waals surface area contributed by atoms with E-state index in [1.807, 2.05) is 12.1 Å². The van der Waals surface area contributed by atoms with Gasteiger partial charge in [0.25, 0.3) is 0 Å². The summed E-state index contributed by atoms with van der Waals surface area (Å²) in [6, 6.07) is 4.03. The Morgan fingerprint density at radius 2 is 2.00 bits per heavy atom. The van der Waals surface area contributed by atoms with Crippen molar-refractivity contribution in [3.8, 4) is 0 Å². The number of esters is 1. The number of hydrogen-bond donors (Lipinski definition) is 0. The number of rotatable bonds is 3. The molecule has 0 bridgehead atoms. The summed E-state index contributed by atoms with van der Waals surface area (Å²) in [7, 11) is 1.37. The highest BCUT2D eigenvalue weighted by atomic mass is 16.5. The van der Waals surface area contributed by atoms with Crippen LogP contribution in [0.15, 0.2) is 18.2 Å². The van der Waals surface area contributed by atoms with Crippen LogP contribution in [-0.2, 0) is 19.7 Å². The molecule has 1 aliphatic heterocycles. The normalized spacial score (nSPS) is 16.1. The van der Waals surface area contributed by atoms with E-state index in [0.29, 0.717) is 13.2 Å². The number of pyridine rings is 1. The van der Waals surface area contributed by atoms with E-state index in [0.717, 1.165) is 30.2 Å². The second-order valence-electron chi connectivity index (χ2n) is 6.32. The van der Waals surface area contributed by atoms with E-state index in [2.05, 4.69) is 30.4 Å². The zero-order valence-corrected chi connectivity index (χ0v) is 13.8. The van der Waals surface area contributed by atoms with Crippen LogP contribution in [0.4, 0.5) is 5.82 Å². The van der Waals surface area contributed by atoms with Crippen LogP contribution in [0.3, 0.4) is 0 Å². The fourth-order valence-corrected chi connectivity index (χ4v) is 2.26. The van der Waals surface area contributed by atoms with Crippen LogP contribution in [0.5, 0.6) is 0 Å². The second-order valence-corrected chi connectivity index (χ2v) is 6.32. The van der Waals surface area contributed by atoms with Crippen LogP contribution in [0, 0.1) is 0 Å². The molecule has 0 aliphatic carbocycles. The molecule has 0 amide bonds. The van der Waals surface area contributed by atoms with Crippen molar-refractivity contribution in [1.29, 1.82) is 0 Å². The van der Waals surface area contributed by atoms with Crippen molar-refractivity contribution in [2.45, 2.75) is 26.2 Å². The van der Waals surface area contributed by atoms with Crippen LogP contribution in [0.25, 0.3) is 6.08 Å². The van der Waals surface area contributed by atoms with Gasteiger partial charge in [0.2, 0.25) is 0 Å². The Balaban J connectivity index is 2.38. The Morgan fingerprint density at radius 3 is 2.59 bits per heavy atom. The minimum absolute atomic E-state index is 0.0222. The van der Waals surface area contributed by atoms with Crippen molar-refractivity contribution in [2.24, 2.45) is 0 Å². The lowest BCUT2D eigenvalue weighted by Crippen LogP contribution is -2.37. The maximum atomic E-state index is 11.3. The van der Waals surface area contributed by atoms with Crippen LogP contribution < -0.4 is 4.90 Å². The SMILES string of the molecule is COC(=O)/C=C/c1ccc(C(C)(C)C)nc1N1CCOCC1. The number of carbonyl (C=O) groups excluding carboxylic acids is 1. The van der Waals surface area contributed by atoms with Gasteiger partial charge in [-0.05, 0) is 18.2 Å². The Bertz CT molecular complexity index is 556. The van der Waals surface area contributed by atoms with E-state index in [1.165, 1.54) is 13.2 Å². The molecule has 1 aromatic heterocycles. The number of hydrogen-bond acceptors (Lipinski definition) is 5. The summed E-state index contributed by atoms with van der Waals surface area (Å²) in [6.45, 7) is 9.43. The van der Waals surface area contributed by atoms with Crippen LogP contribution >= 0.6 is 0 Å². The second kappa shape index (κ2) is 6.92. The van der Waals surface area contributed by atoms with Crippen molar-refractivity contribution in [3.63, 3.8) is 0 Å². The first-order valence-corrected chi connectivity index (χ1v) is 7.52. The molecule has 2 rings (SSSR count). The van der Waals surface area contributed by atoms with Crippen molar-refractivity contribution in [2.75, 3.05) is 38.3 Å². The first kappa shape index (κ1) is 16.5. The molecule has 0 unspecified atom stereocenters. The van der Waals surface area contributed by atoms with E-state index in [-0.39, 0.29) is 11.4 Å². The first-order valence-electron chi connectivity index (χ1n) is 7.52. The van der Waals surface area contributed by atoms with Gasteiger partial charge in [0.05, 0.1) is 20.3 Å². The van der Waals surface area contributed by atoms with Gasteiger partial charge in [-0.15, -0.1) is 0 Å². The third kappa shape index (κ3) is 4.07. The summed E-state index contributed by atoms with van der Waals surface area (Å²) in [6.07, 6.45) is 3.19. The van der Waals surface area contributed by atoms with Crippen LogP contribution in [-0.4, -0.2) is 44.4 Å². The Hall–Kier alpha value is -1.88. The van der Waals surface area contributed by atoms with Gasteiger partial charge in [0.15, 0.2) is 0 Å². The lowest BCUT2D eigenvalue weighted by Gasteiger charge is -2.30. The summed E-state index contributed by atoms with van der Waals surface area (Å²) in [5, 5.41) is 0. The molecule has 0 aromatic carbocycles. The van der Waals surface area contributed by atoms with Gasteiger partial charge in [0.1, 0.15) is 5.82 Å². The minimum Gasteiger partial charge on any atom is -0.466 e. The molecule has 1 aromatic rings. The number of aromatic nitrogens is 1. The van der Waals surface area contributed by atoms with E-state index in [4.69, 9.17) is 9.72 Å². The van der Waals surface area contributed by atoms with Gasteiger partial charge in [-0.1, -0.05) is 20.8 Å². The fraction of sp³-hybridized carbons (Fsp3) is 0.529. The highest BCUT2D eigenvalue weighted by Crippen LogP contribution is 2.27. The van der Waals surface area contributed by atoms with E-state index in [9.17, 15) is 4.79 Å². The molecule has 5 heteroatoms. The van der Waals surface area contributed by atoms with Gasteiger partial charge in [0, 0.05) is 35.8 Å². The molecular weight excluding hydrogens is 280 g/mol. The third-order valence-electron chi connectivity index (χ3n) is 3.58. The summed E-state index contributed by atoms with van der Waals surface area (Å²) < 4.78 is 10.1. The van der Waals surface area contributed by atoms with Gasteiger partial charge in [-0.25, -0.2) is 9.78 Å². The highest BCUT2D eigenvalue weighted by molar-refractivity contribution is 5.88. The summed E-state index contributed by atoms with van der Waals surface area (Å²) in [5.41, 5.74) is 1.93. The topological polar surface area (TPSA) is 51.7 Å². The minimum atomic E-state index is -0.368. The largest absolute Gasteiger partial charge is 0.466 e. The predicted octanol–water partition coefficient (Wildman–Crippen LogP) is 2.40.